The lowest BCUT2D eigenvalue weighted by Crippen LogP contribution is -1.99. The van der Waals surface area contributed by atoms with Gasteiger partial charge in [0.25, 0.3) is 0 Å². The van der Waals surface area contributed by atoms with Crippen molar-refractivity contribution in [2.75, 3.05) is 25.7 Å². The minimum atomic E-state index is 0.163. The Bertz CT molecular complexity index is 669. The number of hydrogen-bond donors (Lipinski definition) is 3. The van der Waals surface area contributed by atoms with E-state index >= 15 is 0 Å². The van der Waals surface area contributed by atoms with Crippen LogP contribution < -0.4 is 20.9 Å². The first kappa shape index (κ1) is 14.8. The van der Waals surface area contributed by atoms with Crippen molar-refractivity contribution >= 4 is 11.4 Å². The molecule has 5 heteroatoms. The molecule has 0 saturated carbocycles. The number of nitrogens with two attached hydrogens (primary N) is 2. The van der Waals surface area contributed by atoms with Crippen molar-refractivity contribution in [1.82, 2.24) is 0 Å². The van der Waals surface area contributed by atoms with E-state index in [2.05, 4.69) is 0 Å². The van der Waals surface area contributed by atoms with Crippen LogP contribution in [0, 0.1) is 0 Å². The number of phenols is 1. The van der Waals surface area contributed by atoms with Crippen molar-refractivity contribution in [3.63, 3.8) is 0 Å². The van der Waals surface area contributed by atoms with Crippen molar-refractivity contribution in [3.8, 4) is 28.4 Å². The third-order valence-electron chi connectivity index (χ3n) is 3.39. The SMILES string of the molecule is CCc1c(O)cc(N)cc1-c1cc(N)cc(OC)c1OC. The average molecular weight is 288 g/mol. The van der Waals surface area contributed by atoms with E-state index in [9.17, 15) is 5.11 Å². The monoisotopic (exact) mass is 288 g/mol. The van der Waals surface area contributed by atoms with E-state index in [0.29, 0.717) is 29.3 Å². The number of aromatic hydroxyl groups is 1. The minimum absolute atomic E-state index is 0.163. The fourth-order valence-electron chi connectivity index (χ4n) is 2.48. The quantitative estimate of drug-likeness (QED) is 0.752. The summed E-state index contributed by atoms with van der Waals surface area (Å²) in [5.41, 5.74) is 15.1. The van der Waals surface area contributed by atoms with Gasteiger partial charge in [0, 0.05) is 34.6 Å². The van der Waals surface area contributed by atoms with Crippen molar-refractivity contribution < 1.29 is 14.6 Å². The first-order chi connectivity index (χ1) is 10.0. The van der Waals surface area contributed by atoms with E-state index in [1.165, 1.54) is 0 Å². The lowest BCUT2D eigenvalue weighted by Gasteiger charge is -2.17. The topological polar surface area (TPSA) is 90.7 Å². The third kappa shape index (κ3) is 2.67. The summed E-state index contributed by atoms with van der Waals surface area (Å²) in [7, 11) is 3.12. The first-order valence-corrected chi connectivity index (χ1v) is 6.65. The highest BCUT2D eigenvalue weighted by atomic mass is 16.5. The van der Waals surface area contributed by atoms with Crippen LogP contribution in [-0.4, -0.2) is 19.3 Å². The van der Waals surface area contributed by atoms with Crippen LogP contribution in [-0.2, 0) is 6.42 Å². The Labute approximate surface area is 124 Å². The van der Waals surface area contributed by atoms with Gasteiger partial charge in [-0.1, -0.05) is 6.92 Å². The molecule has 0 heterocycles. The molecule has 0 fully saturated rings. The summed E-state index contributed by atoms with van der Waals surface area (Å²) in [6.07, 6.45) is 0.654. The molecular weight excluding hydrogens is 268 g/mol. The van der Waals surface area contributed by atoms with Gasteiger partial charge in [-0.2, -0.15) is 0 Å². The molecule has 0 spiro atoms. The van der Waals surface area contributed by atoms with Gasteiger partial charge in [-0.25, -0.2) is 0 Å². The van der Waals surface area contributed by atoms with Crippen LogP contribution in [0.5, 0.6) is 17.2 Å². The molecule has 5 nitrogen and oxygen atoms in total. The van der Waals surface area contributed by atoms with Gasteiger partial charge in [-0.3, -0.25) is 0 Å². The van der Waals surface area contributed by atoms with Crippen LogP contribution in [0.4, 0.5) is 11.4 Å². The molecule has 0 amide bonds. The first-order valence-electron chi connectivity index (χ1n) is 6.65. The van der Waals surface area contributed by atoms with Gasteiger partial charge in [-0.15, -0.1) is 0 Å². The predicted molar refractivity (Wildman–Crippen MR) is 84.8 cm³/mol. The van der Waals surface area contributed by atoms with Crippen LogP contribution in [0.3, 0.4) is 0 Å². The zero-order chi connectivity index (χ0) is 15.6. The summed E-state index contributed by atoms with van der Waals surface area (Å²) in [6.45, 7) is 1.96. The molecule has 0 aliphatic carbocycles. The molecule has 0 unspecified atom stereocenters. The fourth-order valence-corrected chi connectivity index (χ4v) is 2.48. The van der Waals surface area contributed by atoms with Crippen molar-refractivity contribution in [2.24, 2.45) is 0 Å². The number of phenolic OH excluding ortho intramolecular Hbond substituents is 1. The zero-order valence-corrected chi connectivity index (χ0v) is 12.4. The highest BCUT2D eigenvalue weighted by Crippen LogP contribution is 2.43. The molecule has 2 aromatic rings. The van der Waals surface area contributed by atoms with Crippen LogP contribution in [0.2, 0.25) is 0 Å². The highest BCUT2D eigenvalue weighted by Gasteiger charge is 2.18. The van der Waals surface area contributed by atoms with Gasteiger partial charge < -0.3 is 26.0 Å². The maximum atomic E-state index is 10.1. The van der Waals surface area contributed by atoms with Crippen molar-refractivity contribution in [1.29, 1.82) is 0 Å². The summed E-state index contributed by atoms with van der Waals surface area (Å²) in [5, 5.41) is 10.1. The van der Waals surface area contributed by atoms with E-state index in [1.54, 1.807) is 38.5 Å². The Morgan fingerprint density at radius 3 is 2.14 bits per heavy atom. The van der Waals surface area contributed by atoms with Crippen molar-refractivity contribution in [3.05, 3.63) is 29.8 Å². The summed E-state index contributed by atoms with van der Waals surface area (Å²) >= 11 is 0. The maximum Gasteiger partial charge on any atom is 0.168 e. The van der Waals surface area contributed by atoms with Gasteiger partial charge in [-0.05, 0) is 24.1 Å². The number of hydrogen-bond acceptors (Lipinski definition) is 5. The molecule has 2 aromatic carbocycles. The molecule has 0 aliphatic rings. The van der Waals surface area contributed by atoms with Crippen LogP contribution >= 0.6 is 0 Å². The molecule has 112 valence electrons. The summed E-state index contributed by atoms with van der Waals surface area (Å²) in [6, 6.07) is 6.82. The number of nitrogen functional groups attached to an aromatic ring is 2. The van der Waals surface area contributed by atoms with E-state index in [4.69, 9.17) is 20.9 Å². The second-order valence-corrected chi connectivity index (χ2v) is 4.72. The smallest absolute Gasteiger partial charge is 0.168 e. The van der Waals surface area contributed by atoms with Crippen LogP contribution in [0.1, 0.15) is 12.5 Å². The second-order valence-electron chi connectivity index (χ2n) is 4.72. The molecular formula is C16H20N2O3. The molecule has 2 rings (SSSR count). The molecule has 21 heavy (non-hydrogen) atoms. The van der Waals surface area contributed by atoms with Gasteiger partial charge >= 0.3 is 0 Å². The van der Waals surface area contributed by atoms with Crippen LogP contribution in [0.15, 0.2) is 24.3 Å². The Hall–Kier alpha value is -2.56. The van der Waals surface area contributed by atoms with Gasteiger partial charge in [0.1, 0.15) is 5.75 Å². The van der Waals surface area contributed by atoms with Crippen LogP contribution in [0.25, 0.3) is 11.1 Å². The van der Waals surface area contributed by atoms with Gasteiger partial charge in [0.15, 0.2) is 11.5 Å². The molecule has 0 atom stereocenters. The molecule has 0 aliphatic heterocycles. The Morgan fingerprint density at radius 2 is 1.57 bits per heavy atom. The highest BCUT2D eigenvalue weighted by molar-refractivity contribution is 5.82. The van der Waals surface area contributed by atoms with E-state index in [0.717, 1.165) is 16.7 Å². The normalized spacial score (nSPS) is 10.4. The molecule has 0 bridgehead atoms. The Morgan fingerprint density at radius 1 is 0.952 bits per heavy atom. The predicted octanol–water partition coefficient (Wildman–Crippen LogP) is 2.80. The second kappa shape index (κ2) is 5.83. The average Bonchev–Trinajstić information content (AvgIpc) is 2.45. The maximum absolute atomic E-state index is 10.1. The van der Waals surface area contributed by atoms with E-state index in [-0.39, 0.29) is 5.75 Å². The van der Waals surface area contributed by atoms with E-state index < -0.39 is 0 Å². The van der Waals surface area contributed by atoms with E-state index in [1.807, 2.05) is 6.92 Å². The zero-order valence-electron chi connectivity index (χ0n) is 12.4. The molecule has 5 N–H and O–H groups in total. The number of rotatable bonds is 4. The number of methoxy groups -OCH3 is 2. The number of benzene rings is 2. The molecule has 0 aromatic heterocycles. The Kier molecular flexibility index (Phi) is 4.12. The Balaban J connectivity index is 2.80. The fraction of sp³-hybridized carbons (Fsp3) is 0.250. The van der Waals surface area contributed by atoms with Gasteiger partial charge in [0.05, 0.1) is 14.2 Å². The minimum Gasteiger partial charge on any atom is -0.508 e. The number of anilines is 2. The third-order valence-corrected chi connectivity index (χ3v) is 3.39. The summed E-state index contributed by atoms with van der Waals surface area (Å²) < 4.78 is 10.8. The molecule has 0 radical (unpaired) electrons. The van der Waals surface area contributed by atoms with Crippen molar-refractivity contribution in [2.45, 2.75) is 13.3 Å². The molecule has 0 saturated heterocycles. The summed E-state index contributed by atoms with van der Waals surface area (Å²) in [5.74, 6) is 1.26. The lowest BCUT2D eigenvalue weighted by atomic mass is 9.95. The largest absolute Gasteiger partial charge is 0.508 e. The summed E-state index contributed by atoms with van der Waals surface area (Å²) in [4.78, 5) is 0. The number of ether oxygens (including phenoxy) is 2. The lowest BCUT2D eigenvalue weighted by molar-refractivity contribution is 0.356. The van der Waals surface area contributed by atoms with Gasteiger partial charge in [0.2, 0.25) is 0 Å². The standard InChI is InChI=1S/C16H20N2O3/c1-4-11-12(5-9(17)7-14(11)19)13-6-10(18)8-15(20-2)16(13)21-3/h5-8,19H,4,17-18H2,1-3H3.